The number of rotatable bonds is 3. The molecular weight excluding hydrogens is 394 g/mol. The van der Waals surface area contributed by atoms with Gasteiger partial charge in [0.15, 0.2) is 5.72 Å². The molecule has 3 aromatic carbocycles. The van der Waals surface area contributed by atoms with Crippen LogP contribution in [0.25, 0.3) is 16.8 Å². The fourth-order valence-corrected chi connectivity index (χ4v) is 5.32. The monoisotopic (exact) mass is 423 g/mol. The van der Waals surface area contributed by atoms with Crippen molar-refractivity contribution in [3.05, 3.63) is 96.1 Å². The van der Waals surface area contributed by atoms with Gasteiger partial charge in [0, 0.05) is 31.5 Å². The molecule has 6 rings (SSSR count). The van der Waals surface area contributed by atoms with Gasteiger partial charge in [0.1, 0.15) is 5.75 Å². The molecule has 4 nitrogen and oxygen atoms in total. The number of para-hydroxylation sites is 1. The van der Waals surface area contributed by atoms with E-state index in [-0.39, 0.29) is 11.8 Å². The maximum absolute atomic E-state index is 6.73. The zero-order valence-corrected chi connectivity index (χ0v) is 18.5. The van der Waals surface area contributed by atoms with Gasteiger partial charge in [-0.1, -0.05) is 79.7 Å². The first-order valence-electron chi connectivity index (χ1n) is 11.7. The van der Waals surface area contributed by atoms with Gasteiger partial charge >= 0.3 is 0 Å². The van der Waals surface area contributed by atoms with Gasteiger partial charge < -0.3 is 15.1 Å². The predicted molar refractivity (Wildman–Crippen MR) is 129 cm³/mol. The van der Waals surface area contributed by atoms with Gasteiger partial charge in [0.25, 0.3) is 0 Å². The number of hydrazine groups is 1. The third kappa shape index (κ3) is 3.22. The van der Waals surface area contributed by atoms with Crippen LogP contribution in [0.5, 0.6) is 5.75 Å². The number of hydrogen-bond acceptors (Lipinski definition) is 4. The van der Waals surface area contributed by atoms with Crippen LogP contribution in [0.2, 0.25) is 0 Å². The van der Waals surface area contributed by atoms with Crippen molar-refractivity contribution in [1.82, 2.24) is 15.3 Å². The topological polar surface area (TPSA) is 27.7 Å². The molecule has 0 amide bonds. The Morgan fingerprint density at radius 3 is 2.25 bits per heavy atom. The van der Waals surface area contributed by atoms with Gasteiger partial charge in [0.05, 0.1) is 11.7 Å². The van der Waals surface area contributed by atoms with Crippen LogP contribution in [-0.4, -0.2) is 35.3 Å². The van der Waals surface area contributed by atoms with Crippen molar-refractivity contribution >= 4 is 5.70 Å². The van der Waals surface area contributed by atoms with E-state index in [2.05, 4.69) is 107 Å². The highest BCUT2D eigenvalue weighted by molar-refractivity contribution is 5.71. The normalized spacial score (nSPS) is 21.9. The van der Waals surface area contributed by atoms with Gasteiger partial charge in [0.2, 0.25) is 0 Å². The summed E-state index contributed by atoms with van der Waals surface area (Å²) in [6, 6.07) is 28.1. The van der Waals surface area contributed by atoms with E-state index in [4.69, 9.17) is 4.74 Å². The molecule has 0 aromatic heterocycles. The molecule has 1 saturated heterocycles. The third-order valence-electron chi connectivity index (χ3n) is 7.21. The molecule has 32 heavy (non-hydrogen) atoms. The molecule has 1 N–H and O–H groups in total. The first-order chi connectivity index (χ1) is 15.8. The van der Waals surface area contributed by atoms with Crippen LogP contribution in [0.1, 0.15) is 36.9 Å². The Balaban J connectivity index is 1.33. The van der Waals surface area contributed by atoms with E-state index in [1.807, 2.05) is 0 Å². The summed E-state index contributed by atoms with van der Waals surface area (Å²) in [4.78, 5) is 2.51. The second-order valence-electron chi connectivity index (χ2n) is 8.97. The number of nitrogens with one attached hydrogen (secondary N) is 1. The highest BCUT2D eigenvalue weighted by Crippen LogP contribution is 2.48. The van der Waals surface area contributed by atoms with Crippen LogP contribution in [0, 0.1) is 0 Å². The van der Waals surface area contributed by atoms with Crippen LogP contribution < -0.4 is 10.2 Å². The summed E-state index contributed by atoms with van der Waals surface area (Å²) < 4.78 is 6.73. The van der Waals surface area contributed by atoms with Crippen molar-refractivity contribution in [2.75, 3.05) is 19.6 Å². The number of hydrogen-bond donors (Lipinski definition) is 1. The lowest BCUT2D eigenvalue weighted by atomic mass is 9.93. The SMILES string of the molecule is CCN1CCC2(CC1)Oc1ccccc1[C@@H]1C=C(c3ccc(-c4ccccc4)cc3)NN12. The van der Waals surface area contributed by atoms with Crippen LogP contribution in [0.3, 0.4) is 0 Å². The number of fused-ring (bicyclic) bond motifs is 4. The van der Waals surface area contributed by atoms with E-state index in [0.29, 0.717) is 0 Å². The summed E-state index contributed by atoms with van der Waals surface area (Å²) >= 11 is 0. The van der Waals surface area contributed by atoms with E-state index in [1.54, 1.807) is 0 Å². The van der Waals surface area contributed by atoms with Gasteiger partial charge in [-0.05, 0) is 35.4 Å². The number of nitrogens with zero attached hydrogens (tertiary/aromatic N) is 2. The van der Waals surface area contributed by atoms with Crippen molar-refractivity contribution in [1.29, 1.82) is 0 Å². The van der Waals surface area contributed by atoms with Gasteiger partial charge in [-0.2, -0.15) is 5.01 Å². The molecule has 3 aromatic rings. The Morgan fingerprint density at radius 1 is 0.844 bits per heavy atom. The van der Waals surface area contributed by atoms with Gasteiger partial charge in [-0.25, -0.2) is 0 Å². The summed E-state index contributed by atoms with van der Waals surface area (Å²) in [5.74, 6) is 1.03. The molecule has 3 aliphatic rings. The lowest BCUT2D eigenvalue weighted by Crippen LogP contribution is -2.63. The highest BCUT2D eigenvalue weighted by Gasteiger charge is 2.51. The first-order valence-corrected chi connectivity index (χ1v) is 11.7. The van der Waals surface area contributed by atoms with Crippen LogP contribution >= 0.6 is 0 Å². The number of benzene rings is 3. The van der Waals surface area contributed by atoms with Crippen molar-refractivity contribution in [3.8, 4) is 16.9 Å². The molecule has 0 aliphatic carbocycles. The zero-order chi connectivity index (χ0) is 21.5. The summed E-state index contributed by atoms with van der Waals surface area (Å²) in [6.45, 7) is 5.46. The minimum Gasteiger partial charge on any atom is -0.470 e. The van der Waals surface area contributed by atoms with E-state index in [1.165, 1.54) is 22.3 Å². The summed E-state index contributed by atoms with van der Waals surface area (Å²) in [7, 11) is 0. The molecule has 0 saturated carbocycles. The number of ether oxygens (including phenoxy) is 1. The average molecular weight is 424 g/mol. The molecule has 1 spiro atoms. The van der Waals surface area contributed by atoms with Gasteiger partial charge in [-0.3, -0.25) is 0 Å². The lowest BCUT2D eigenvalue weighted by molar-refractivity contribution is -0.159. The maximum Gasteiger partial charge on any atom is 0.182 e. The fourth-order valence-electron chi connectivity index (χ4n) is 5.32. The molecule has 1 fully saturated rings. The second-order valence-corrected chi connectivity index (χ2v) is 8.97. The maximum atomic E-state index is 6.73. The largest absolute Gasteiger partial charge is 0.470 e. The number of likely N-dealkylation sites (tertiary alicyclic amines) is 1. The highest BCUT2D eigenvalue weighted by atomic mass is 16.5. The van der Waals surface area contributed by atoms with Crippen molar-refractivity contribution < 1.29 is 4.74 Å². The Hall–Kier alpha value is -3.08. The second kappa shape index (κ2) is 7.80. The summed E-state index contributed by atoms with van der Waals surface area (Å²) in [6.07, 6.45) is 4.35. The van der Waals surface area contributed by atoms with Gasteiger partial charge in [-0.15, -0.1) is 0 Å². The molecule has 4 heteroatoms. The Kier molecular flexibility index (Phi) is 4.78. The van der Waals surface area contributed by atoms with Crippen molar-refractivity contribution in [2.24, 2.45) is 0 Å². The van der Waals surface area contributed by atoms with Crippen LogP contribution in [0.4, 0.5) is 0 Å². The van der Waals surface area contributed by atoms with E-state index in [9.17, 15) is 0 Å². The lowest BCUT2D eigenvalue weighted by Gasteiger charge is -2.51. The van der Waals surface area contributed by atoms with E-state index < -0.39 is 0 Å². The zero-order valence-electron chi connectivity index (χ0n) is 18.5. The van der Waals surface area contributed by atoms with Crippen molar-refractivity contribution in [3.63, 3.8) is 0 Å². The fraction of sp³-hybridized carbons (Fsp3) is 0.286. The Labute approximate surface area is 190 Å². The smallest absolute Gasteiger partial charge is 0.182 e. The molecule has 162 valence electrons. The number of piperidine rings is 1. The Morgan fingerprint density at radius 2 is 1.50 bits per heavy atom. The standard InChI is InChI=1S/C28H29N3O/c1-2-30-18-16-28(17-19-30)31-26(24-10-6-7-11-27(24)32-28)20-25(29-31)23-14-12-22(13-15-23)21-8-4-3-5-9-21/h3-15,20,26,29H,2,16-19H2,1H3/t26-/m0/s1. The van der Waals surface area contributed by atoms with Crippen LogP contribution in [0.15, 0.2) is 84.9 Å². The Bertz CT molecular complexity index is 1130. The molecule has 0 bridgehead atoms. The van der Waals surface area contributed by atoms with Crippen LogP contribution in [-0.2, 0) is 0 Å². The molecule has 0 unspecified atom stereocenters. The van der Waals surface area contributed by atoms with Crippen molar-refractivity contribution in [2.45, 2.75) is 31.5 Å². The summed E-state index contributed by atoms with van der Waals surface area (Å²) in [5.41, 5.74) is 9.53. The molecule has 3 aliphatic heterocycles. The van der Waals surface area contributed by atoms with E-state index >= 15 is 0 Å². The third-order valence-corrected chi connectivity index (χ3v) is 7.21. The molecule has 1 atom stereocenters. The minimum atomic E-state index is -0.313. The average Bonchev–Trinajstić information content (AvgIpc) is 3.32. The minimum absolute atomic E-state index is 0.178. The first kappa shape index (κ1) is 19.6. The van der Waals surface area contributed by atoms with E-state index in [0.717, 1.165) is 43.9 Å². The molecule has 0 radical (unpaired) electrons. The quantitative estimate of drug-likeness (QED) is 0.605. The predicted octanol–water partition coefficient (Wildman–Crippen LogP) is 5.46. The molecular formula is C28H29N3O. The molecule has 3 heterocycles. The summed E-state index contributed by atoms with van der Waals surface area (Å²) in [5, 5.41) is 2.38.